The summed E-state index contributed by atoms with van der Waals surface area (Å²) in [6, 6.07) is 6.25. The first-order chi connectivity index (χ1) is 7.99. The van der Waals surface area contributed by atoms with E-state index >= 15 is 0 Å². The molecular formula is C10H12KNO5S. The van der Waals surface area contributed by atoms with E-state index in [1.807, 2.05) is 0 Å². The maximum absolute atomic E-state index is 11.7. The summed E-state index contributed by atoms with van der Waals surface area (Å²) >= 11 is 0. The Morgan fingerprint density at radius 3 is 2.06 bits per heavy atom. The van der Waals surface area contributed by atoms with Crippen molar-refractivity contribution in [3.63, 3.8) is 0 Å². The van der Waals surface area contributed by atoms with Crippen LogP contribution in [0.3, 0.4) is 0 Å². The summed E-state index contributed by atoms with van der Waals surface area (Å²) < 4.78 is 28.2. The van der Waals surface area contributed by atoms with Crippen molar-refractivity contribution in [1.82, 2.24) is 3.97 Å². The SMILES string of the molecule is CCOS(=O)(=O)n1c(O)c2ccccc2c1O.[H-].[K+]. The van der Waals surface area contributed by atoms with Crippen molar-refractivity contribution in [3.05, 3.63) is 24.3 Å². The van der Waals surface area contributed by atoms with Gasteiger partial charge < -0.3 is 11.6 Å². The van der Waals surface area contributed by atoms with Crippen molar-refractivity contribution in [1.29, 1.82) is 0 Å². The number of aromatic nitrogens is 1. The van der Waals surface area contributed by atoms with Crippen molar-refractivity contribution in [2.45, 2.75) is 6.92 Å². The number of hydrogen-bond donors (Lipinski definition) is 2. The van der Waals surface area contributed by atoms with E-state index < -0.39 is 22.1 Å². The maximum Gasteiger partial charge on any atom is 1.00 e. The third-order valence-corrected chi connectivity index (χ3v) is 3.61. The maximum atomic E-state index is 11.7. The second-order valence-electron chi connectivity index (χ2n) is 3.32. The van der Waals surface area contributed by atoms with Gasteiger partial charge in [0.1, 0.15) is 0 Å². The standard InChI is InChI=1S/C10H11NO5S.K.H/c1-2-16-17(14,15)11-9(12)7-5-3-4-6-8(7)10(11)13;;/h3-6,12-13H,2H2,1H3;;/q;+1;-1. The van der Waals surface area contributed by atoms with Gasteiger partial charge >= 0.3 is 61.7 Å². The van der Waals surface area contributed by atoms with Crippen molar-refractivity contribution >= 4 is 21.1 Å². The van der Waals surface area contributed by atoms with Crippen LogP contribution >= 0.6 is 0 Å². The third-order valence-electron chi connectivity index (χ3n) is 2.28. The molecule has 0 aliphatic heterocycles. The summed E-state index contributed by atoms with van der Waals surface area (Å²) in [5.74, 6) is -1.13. The van der Waals surface area contributed by atoms with Crippen LogP contribution in [0.2, 0.25) is 0 Å². The molecule has 0 bridgehead atoms. The van der Waals surface area contributed by atoms with Crippen LogP contribution in [0.15, 0.2) is 24.3 Å². The number of nitrogens with zero attached hydrogens (tertiary/aromatic N) is 1. The molecule has 2 rings (SSSR count). The minimum atomic E-state index is -4.22. The molecule has 0 saturated carbocycles. The van der Waals surface area contributed by atoms with Gasteiger partial charge in [0, 0.05) is 10.8 Å². The summed E-state index contributed by atoms with van der Waals surface area (Å²) in [6.45, 7) is 1.41. The smallest absolute Gasteiger partial charge is 1.00 e. The van der Waals surface area contributed by atoms with E-state index in [1.54, 1.807) is 12.1 Å². The normalized spacial score (nSPS) is 11.4. The number of hydrogen-bond acceptors (Lipinski definition) is 5. The summed E-state index contributed by atoms with van der Waals surface area (Å²) in [5.41, 5.74) is 0. The van der Waals surface area contributed by atoms with Gasteiger partial charge in [-0.05, 0) is 19.1 Å². The predicted molar refractivity (Wildman–Crippen MR) is 62.3 cm³/mol. The average Bonchev–Trinajstić information content (AvgIpc) is 2.53. The molecule has 1 aromatic heterocycles. The number of aromatic hydroxyl groups is 2. The van der Waals surface area contributed by atoms with Gasteiger partial charge in [0.2, 0.25) is 11.8 Å². The molecule has 0 fully saturated rings. The van der Waals surface area contributed by atoms with Gasteiger partial charge in [0.05, 0.1) is 6.61 Å². The summed E-state index contributed by atoms with van der Waals surface area (Å²) in [5, 5.41) is 20.0. The minimum Gasteiger partial charge on any atom is -1.00 e. The van der Waals surface area contributed by atoms with Crippen molar-refractivity contribution in [2.24, 2.45) is 0 Å². The Bertz CT molecular complexity index is 631. The summed E-state index contributed by atoms with van der Waals surface area (Å²) in [7, 11) is -4.22. The molecule has 8 heteroatoms. The molecule has 18 heavy (non-hydrogen) atoms. The molecule has 0 aliphatic carbocycles. The van der Waals surface area contributed by atoms with E-state index in [-0.39, 0.29) is 70.2 Å². The molecule has 0 radical (unpaired) electrons. The summed E-state index contributed by atoms with van der Waals surface area (Å²) in [6.07, 6.45) is 0. The molecule has 0 amide bonds. The first-order valence-corrected chi connectivity index (χ1v) is 6.27. The van der Waals surface area contributed by atoms with Gasteiger partial charge in [-0.1, -0.05) is 12.1 Å². The predicted octanol–water partition coefficient (Wildman–Crippen LogP) is -1.70. The third kappa shape index (κ3) is 2.59. The van der Waals surface area contributed by atoms with E-state index in [0.717, 1.165) is 0 Å². The Balaban J connectivity index is 0.00000162. The van der Waals surface area contributed by atoms with E-state index in [0.29, 0.717) is 3.97 Å². The molecule has 1 aromatic carbocycles. The summed E-state index contributed by atoms with van der Waals surface area (Å²) in [4.78, 5) is 0. The van der Waals surface area contributed by atoms with E-state index in [1.165, 1.54) is 19.1 Å². The van der Waals surface area contributed by atoms with Crippen molar-refractivity contribution in [2.75, 3.05) is 6.61 Å². The number of benzene rings is 1. The Morgan fingerprint density at radius 2 is 1.67 bits per heavy atom. The van der Waals surface area contributed by atoms with Gasteiger partial charge in [0.25, 0.3) is 0 Å². The Labute approximate surface area is 148 Å². The zero-order valence-electron chi connectivity index (χ0n) is 11.0. The van der Waals surface area contributed by atoms with Crippen LogP contribution in [0.1, 0.15) is 8.35 Å². The quantitative estimate of drug-likeness (QED) is 0.659. The van der Waals surface area contributed by atoms with Crippen molar-refractivity contribution in [3.8, 4) is 11.8 Å². The molecular weight excluding hydrogens is 285 g/mol. The van der Waals surface area contributed by atoms with Gasteiger partial charge in [0.15, 0.2) is 0 Å². The first-order valence-electron chi connectivity index (χ1n) is 4.90. The zero-order valence-corrected chi connectivity index (χ0v) is 13.9. The monoisotopic (exact) mass is 297 g/mol. The molecule has 0 unspecified atom stereocenters. The van der Waals surface area contributed by atoms with Crippen LogP contribution < -0.4 is 51.4 Å². The van der Waals surface area contributed by atoms with Crippen LogP contribution in [-0.4, -0.2) is 29.2 Å². The second-order valence-corrected chi connectivity index (χ2v) is 4.78. The zero-order chi connectivity index (χ0) is 12.6. The molecule has 6 nitrogen and oxygen atoms in total. The second kappa shape index (κ2) is 5.91. The fourth-order valence-corrected chi connectivity index (χ4v) is 2.63. The van der Waals surface area contributed by atoms with Crippen molar-refractivity contribution < 1.29 is 75.6 Å². The van der Waals surface area contributed by atoms with Crippen LogP contribution in [0.5, 0.6) is 11.8 Å². The largest absolute Gasteiger partial charge is 1.00 e. The Kier molecular flexibility index (Phi) is 5.24. The fourth-order valence-electron chi connectivity index (χ4n) is 1.61. The first kappa shape index (κ1) is 16.0. The molecule has 0 saturated heterocycles. The van der Waals surface area contributed by atoms with E-state index in [9.17, 15) is 18.6 Å². The molecule has 2 N–H and O–H groups in total. The number of fused-ring (bicyclic) bond motifs is 1. The topological polar surface area (TPSA) is 88.8 Å². The molecule has 1 heterocycles. The Hall–Kier alpha value is -0.0936. The molecule has 0 spiro atoms. The average molecular weight is 297 g/mol. The van der Waals surface area contributed by atoms with Crippen LogP contribution in [0, 0.1) is 0 Å². The van der Waals surface area contributed by atoms with Crippen LogP contribution in [-0.2, 0) is 14.5 Å². The number of rotatable bonds is 3. The minimum absolute atomic E-state index is 0. The molecule has 94 valence electrons. The molecule has 0 atom stereocenters. The molecule has 2 aromatic rings. The van der Waals surface area contributed by atoms with Gasteiger partial charge in [-0.3, -0.25) is 4.18 Å². The fraction of sp³-hybridized carbons (Fsp3) is 0.200. The van der Waals surface area contributed by atoms with Gasteiger partial charge in [-0.15, -0.1) is 0 Å². The molecule has 0 aliphatic rings. The van der Waals surface area contributed by atoms with E-state index in [4.69, 9.17) is 0 Å². The van der Waals surface area contributed by atoms with Crippen LogP contribution in [0.4, 0.5) is 0 Å². The van der Waals surface area contributed by atoms with E-state index in [2.05, 4.69) is 4.18 Å². The van der Waals surface area contributed by atoms with Gasteiger partial charge in [-0.2, -0.15) is 12.4 Å². The van der Waals surface area contributed by atoms with Crippen LogP contribution in [0.25, 0.3) is 10.8 Å². The van der Waals surface area contributed by atoms with Gasteiger partial charge in [-0.25, -0.2) is 0 Å². The Morgan fingerprint density at radius 1 is 1.22 bits per heavy atom.